The van der Waals surface area contributed by atoms with E-state index in [2.05, 4.69) is 18.3 Å². The van der Waals surface area contributed by atoms with E-state index in [-0.39, 0.29) is 41.6 Å². The van der Waals surface area contributed by atoms with Crippen LogP contribution < -0.4 is 5.32 Å². The summed E-state index contributed by atoms with van der Waals surface area (Å²) in [7, 11) is 0. The number of carbonyl (C=O) groups is 2. The van der Waals surface area contributed by atoms with Crippen molar-refractivity contribution in [3.63, 3.8) is 0 Å². The van der Waals surface area contributed by atoms with Gasteiger partial charge in [-0.1, -0.05) is 30.7 Å². The number of amides is 1. The molecule has 0 aliphatic carbocycles. The van der Waals surface area contributed by atoms with Crippen LogP contribution in [0.2, 0.25) is 0 Å². The fourth-order valence-corrected chi connectivity index (χ4v) is 5.19. The first kappa shape index (κ1) is 28.6. The van der Waals surface area contributed by atoms with Crippen molar-refractivity contribution in [2.24, 2.45) is 5.92 Å². The molecule has 8 heteroatoms. The van der Waals surface area contributed by atoms with Crippen LogP contribution in [0.4, 0.5) is 0 Å². The lowest BCUT2D eigenvalue weighted by atomic mass is 9.83. The van der Waals surface area contributed by atoms with Crippen molar-refractivity contribution in [2.45, 2.75) is 115 Å². The van der Waals surface area contributed by atoms with E-state index in [1.807, 2.05) is 39.8 Å². The molecule has 36 heavy (non-hydrogen) atoms. The minimum absolute atomic E-state index is 0.0506. The van der Waals surface area contributed by atoms with Crippen molar-refractivity contribution in [3.8, 4) is 0 Å². The van der Waals surface area contributed by atoms with Gasteiger partial charge in [-0.25, -0.2) is 0 Å². The third kappa shape index (κ3) is 7.75. The molecule has 0 unspecified atom stereocenters. The van der Waals surface area contributed by atoms with Crippen LogP contribution in [0.5, 0.6) is 0 Å². The zero-order valence-corrected chi connectivity index (χ0v) is 22.7. The third-order valence-electron chi connectivity index (χ3n) is 7.18. The van der Waals surface area contributed by atoms with Crippen LogP contribution in [0.1, 0.15) is 67.7 Å². The molecule has 3 rings (SSSR count). The third-order valence-corrected chi connectivity index (χ3v) is 7.18. The quantitative estimate of drug-likeness (QED) is 0.225. The summed E-state index contributed by atoms with van der Waals surface area (Å²) in [6, 6.07) is -0.0901. The monoisotopic (exact) mass is 505 g/mol. The van der Waals surface area contributed by atoms with Crippen molar-refractivity contribution in [1.29, 1.82) is 0 Å². The Hall–Kier alpha value is -2.00. The standard InChI is InChI=1S/C28H43NO7/c1-17(9-12-24-26(32)28(16-33-28)15-27(6,7)36-24)8-11-23-18(2)14-22(20(4)35-23)29-25(31)13-10-19(3)34-21(5)30/h8-10,12-13,18-20,22-24,26,32H,11,14-16H2,1-7H3,(H,29,31)/t18-,19-,20+,22+,23-,24+,26+,28+/m0/s1. The van der Waals surface area contributed by atoms with Gasteiger partial charge in [-0.05, 0) is 59.5 Å². The van der Waals surface area contributed by atoms with Gasteiger partial charge >= 0.3 is 5.97 Å². The fraction of sp³-hybridized carbons (Fsp3) is 0.714. The largest absolute Gasteiger partial charge is 0.459 e. The van der Waals surface area contributed by atoms with Gasteiger partial charge in [-0.15, -0.1) is 0 Å². The molecule has 2 N–H and O–H groups in total. The molecule has 3 aliphatic heterocycles. The topological polar surface area (TPSA) is 107 Å². The van der Waals surface area contributed by atoms with Crippen molar-refractivity contribution in [3.05, 3.63) is 36.0 Å². The number of allylic oxidation sites excluding steroid dienone is 2. The van der Waals surface area contributed by atoms with Crippen LogP contribution in [-0.4, -0.2) is 71.4 Å². The molecule has 3 saturated heterocycles. The Labute approximate surface area is 215 Å². The highest BCUT2D eigenvalue weighted by molar-refractivity contribution is 5.87. The maximum Gasteiger partial charge on any atom is 0.303 e. The van der Waals surface area contributed by atoms with Gasteiger partial charge in [0.05, 0.1) is 30.5 Å². The van der Waals surface area contributed by atoms with E-state index < -0.39 is 23.9 Å². The molecular weight excluding hydrogens is 462 g/mol. The number of esters is 1. The molecular formula is C28H43NO7. The number of hydrogen-bond donors (Lipinski definition) is 2. The molecule has 0 aromatic rings. The lowest BCUT2D eigenvalue weighted by molar-refractivity contribution is -0.171. The maximum atomic E-state index is 12.3. The normalized spacial score (nSPS) is 37.3. The molecule has 3 fully saturated rings. The molecule has 8 atom stereocenters. The lowest BCUT2D eigenvalue weighted by Gasteiger charge is -2.41. The number of aliphatic hydroxyl groups excluding tert-OH is 1. The van der Waals surface area contributed by atoms with Crippen LogP contribution in [0.3, 0.4) is 0 Å². The summed E-state index contributed by atoms with van der Waals surface area (Å²) in [5, 5.41) is 13.7. The molecule has 8 nitrogen and oxygen atoms in total. The summed E-state index contributed by atoms with van der Waals surface area (Å²) < 4.78 is 23.0. The zero-order valence-electron chi connectivity index (χ0n) is 22.7. The zero-order chi connectivity index (χ0) is 26.7. The van der Waals surface area contributed by atoms with Crippen LogP contribution in [0, 0.1) is 5.92 Å². The Kier molecular flexibility index (Phi) is 9.20. The Morgan fingerprint density at radius 2 is 1.92 bits per heavy atom. The van der Waals surface area contributed by atoms with Crippen molar-refractivity contribution in [1.82, 2.24) is 5.32 Å². The highest BCUT2D eigenvalue weighted by Gasteiger charge is 2.60. The summed E-state index contributed by atoms with van der Waals surface area (Å²) in [4.78, 5) is 23.3. The first-order chi connectivity index (χ1) is 16.8. The van der Waals surface area contributed by atoms with E-state index in [0.29, 0.717) is 13.0 Å². The van der Waals surface area contributed by atoms with Crippen LogP contribution in [-0.2, 0) is 28.5 Å². The number of aliphatic hydroxyl groups is 1. The van der Waals surface area contributed by atoms with Gasteiger partial charge in [0.25, 0.3) is 0 Å². The van der Waals surface area contributed by atoms with E-state index in [4.69, 9.17) is 18.9 Å². The van der Waals surface area contributed by atoms with E-state index in [0.717, 1.165) is 18.4 Å². The number of rotatable bonds is 8. The van der Waals surface area contributed by atoms with E-state index in [1.54, 1.807) is 13.0 Å². The number of epoxide rings is 1. The Morgan fingerprint density at radius 1 is 1.22 bits per heavy atom. The Morgan fingerprint density at radius 3 is 2.56 bits per heavy atom. The highest BCUT2D eigenvalue weighted by Crippen LogP contribution is 2.46. The average molecular weight is 506 g/mol. The molecule has 3 heterocycles. The SMILES string of the molecule is CC(=O)O[C@@H](C)C=CC(=O)N[C@@H]1C[C@H](C)[C@H](CC=C(C)C=C[C@H]2OC(C)(C)C[C@@]3(CO3)[C@@H]2O)O[C@@H]1C. The second kappa shape index (κ2) is 11.6. The second-order valence-corrected chi connectivity index (χ2v) is 11.2. The second-order valence-electron chi connectivity index (χ2n) is 11.2. The molecule has 0 aromatic carbocycles. The molecule has 1 amide bonds. The Bertz CT molecular complexity index is 888. The van der Waals surface area contributed by atoms with E-state index >= 15 is 0 Å². The first-order valence-corrected chi connectivity index (χ1v) is 13.0. The number of ether oxygens (including phenoxy) is 4. The van der Waals surface area contributed by atoms with E-state index in [9.17, 15) is 14.7 Å². The van der Waals surface area contributed by atoms with Crippen LogP contribution in [0.25, 0.3) is 0 Å². The minimum atomic E-state index is -0.663. The lowest BCUT2D eigenvalue weighted by Crippen LogP contribution is -2.53. The number of hydrogen-bond acceptors (Lipinski definition) is 7. The summed E-state index contributed by atoms with van der Waals surface area (Å²) in [5.41, 5.74) is 0.274. The first-order valence-electron chi connectivity index (χ1n) is 13.0. The van der Waals surface area contributed by atoms with Gasteiger partial charge in [0.2, 0.25) is 5.91 Å². The van der Waals surface area contributed by atoms with Gasteiger partial charge in [0, 0.05) is 19.4 Å². The molecule has 0 radical (unpaired) electrons. The minimum Gasteiger partial charge on any atom is -0.459 e. The van der Waals surface area contributed by atoms with Crippen LogP contribution >= 0.6 is 0 Å². The number of nitrogens with one attached hydrogen (secondary N) is 1. The van der Waals surface area contributed by atoms with E-state index in [1.165, 1.54) is 13.0 Å². The smallest absolute Gasteiger partial charge is 0.303 e. The van der Waals surface area contributed by atoms with Gasteiger partial charge in [-0.2, -0.15) is 0 Å². The van der Waals surface area contributed by atoms with Gasteiger partial charge < -0.3 is 29.4 Å². The van der Waals surface area contributed by atoms with Gasteiger partial charge in [0.15, 0.2) is 0 Å². The average Bonchev–Trinajstić information content (AvgIpc) is 3.54. The summed E-state index contributed by atoms with van der Waals surface area (Å²) >= 11 is 0. The van der Waals surface area contributed by atoms with Crippen LogP contribution in [0.15, 0.2) is 36.0 Å². The number of carbonyl (C=O) groups excluding carboxylic acids is 2. The van der Waals surface area contributed by atoms with Gasteiger partial charge in [0.1, 0.15) is 23.9 Å². The maximum absolute atomic E-state index is 12.3. The summed E-state index contributed by atoms with van der Waals surface area (Å²) in [6.45, 7) is 13.8. The molecule has 0 bridgehead atoms. The fourth-order valence-electron chi connectivity index (χ4n) is 5.19. The summed E-state index contributed by atoms with van der Waals surface area (Å²) in [6.07, 6.45) is 9.71. The van der Waals surface area contributed by atoms with Crippen molar-refractivity contribution in [2.75, 3.05) is 6.61 Å². The predicted octanol–water partition coefficient (Wildman–Crippen LogP) is 3.38. The predicted molar refractivity (Wildman–Crippen MR) is 136 cm³/mol. The molecule has 0 saturated carbocycles. The van der Waals surface area contributed by atoms with Crippen molar-refractivity contribution >= 4 is 11.9 Å². The molecule has 1 spiro atoms. The highest BCUT2D eigenvalue weighted by atomic mass is 16.6. The van der Waals surface area contributed by atoms with Crippen molar-refractivity contribution < 1.29 is 33.6 Å². The Balaban J connectivity index is 1.49. The van der Waals surface area contributed by atoms with Gasteiger partial charge in [-0.3, -0.25) is 9.59 Å². The molecule has 0 aromatic heterocycles. The molecule has 3 aliphatic rings. The summed E-state index contributed by atoms with van der Waals surface area (Å²) in [5.74, 6) is -0.346. The molecule has 202 valence electrons.